The maximum Gasteiger partial charge on any atom is 0.172 e. The first-order valence-electron chi connectivity index (χ1n) is 6.21. The van der Waals surface area contributed by atoms with Crippen molar-refractivity contribution in [3.8, 4) is 0 Å². The Bertz CT molecular complexity index is 554. The SMILES string of the molecule is Cc1cccc(NC(=S)NC(C)c2ccccc2)n1. The maximum absolute atomic E-state index is 5.29. The number of thiocarbonyl (C=S) groups is 1. The zero-order valence-corrected chi connectivity index (χ0v) is 11.9. The summed E-state index contributed by atoms with van der Waals surface area (Å²) in [6, 6.07) is 16.2. The van der Waals surface area contributed by atoms with E-state index in [2.05, 4.69) is 34.7 Å². The summed E-state index contributed by atoms with van der Waals surface area (Å²) in [4.78, 5) is 4.35. The van der Waals surface area contributed by atoms with Gasteiger partial charge in [-0.1, -0.05) is 36.4 Å². The van der Waals surface area contributed by atoms with E-state index < -0.39 is 0 Å². The van der Waals surface area contributed by atoms with Gasteiger partial charge in [-0.25, -0.2) is 4.98 Å². The quantitative estimate of drug-likeness (QED) is 0.839. The Kier molecular flexibility index (Phi) is 4.47. The summed E-state index contributed by atoms with van der Waals surface area (Å²) in [6.45, 7) is 4.03. The van der Waals surface area contributed by atoms with Crippen LogP contribution in [0, 0.1) is 6.92 Å². The molecule has 3 nitrogen and oxygen atoms in total. The minimum atomic E-state index is 0.158. The maximum atomic E-state index is 5.29. The van der Waals surface area contributed by atoms with Gasteiger partial charge in [0.1, 0.15) is 5.82 Å². The molecule has 0 aliphatic carbocycles. The fourth-order valence-electron chi connectivity index (χ4n) is 1.79. The number of aromatic nitrogens is 1. The molecule has 0 aliphatic heterocycles. The second-order valence-corrected chi connectivity index (χ2v) is 4.80. The van der Waals surface area contributed by atoms with E-state index in [-0.39, 0.29) is 6.04 Å². The molecule has 2 aromatic rings. The van der Waals surface area contributed by atoms with E-state index in [1.54, 1.807) is 0 Å². The molecule has 1 aromatic carbocycles. The van der Waals surface area contributed by atoms with Crippen LogP contribution in [-0.4, -0.2) is 10.1 Å². The van der Waals surface area contributed by atoms with Gasteiger partial charge in [-0.05, 0) is 43.8 Å². The zero-order chi connectivity index (χ0) is 13.7. The lowest BCUT2D eigenvalue weighted by Gasteiger charge is -2.17. The fraction of sp³-hybridized carbons (Fsp3) is 0.200. The molecule has 4 heteroatoms. The topological polar surface area (TPSA) is 37.0 Å². The molecule has 1 atom stereocenters. The van der Waals surface area contributed by atoms with Gasteiger partial charge in [0.25, 0.3) is 0 Å². The van der Waals surface area contributed by atoms with Gasteiger partial charge < -0.3 is 10.6 Å². The Morgan fingerprint density at radius 2 is 1.84 bits per heavy atom. The van der Waals surface area contributed by atoms with Gasteiger partial charge in [-0.15, -0.1) is 0 Å². The third-order valence-corrected chi connectivity index (χ3v) is 3.00. The molecule has 2 rings (SSSR count). The van der Waals surface area contributed by atoms with Crippen LogP contribution in [0.15, 0.2) is 48.5 Å². The van der Waals surface area contributed by atoms with Gasteiger partial charge in [0.2, 0.25) is 0 Å². The Labute approximate surface area is 119 Å². The van der Waals surface area contributed by atoms with Crippen molar-refractivity contribution in [1.29, 1.82) is 0 Å². The first-order chi connectivity index (χ1) is 9.15. The van der Waals surface area contributed by atoms with Crippen LogP contribution in [0.4, 0.5) is 5.82 Å². The van der Waals surface area contributed by atoms with Gasteiger partial charge >= 0.3 is 0 Å². The number of pyridine rings is 1. The van der Waals surface area contributed by atoms with Crippen LogP contribution in [0.5, 0.6) is 0 Å². The monoisotopic (exact) mass is 271 g/mol. The van der Waals surface area contributed by atoms with Crippen LogP contribution >= 0.6 is 12.2 Å². The second-order valence-electron chi connectivity index (χ2n) is 4.40. The lowest BCUT2D eigenvalue weighted by molar-refractivity contribution is 0.722. The Balaban J connectivity index is 1.95. The Morgan fingerprint density at radius 3 is 2.53 bits per heavy atom. The summed E-state index contributed by atoms with van der Waals surface area (Å²) in [7, 11) is 0. The predicted octanol–water partition coefficient (Wildman–Crippen LogP) is 3.44. The van der Waals surface area contributed by atoms with E-state index in [0.29, 0.717) is 5.11 Å². The lowest BCUT2D eigenvalue weighted by atomic mass is 10.1. The van der Waals surface area contributed by atoms with Crippen molar-refractivity contribution in [3.05, 3.63) is 59.8 Å². The van der Waals surface area contributed by atoms with Crippen molar-refractivity contribution < 1.29 is 0 Å². The molecule has 0 saturated heterocycles. The van der Waals surface area contributed by atoms with Crippen molar-refractivity contribution in [3.63, 3.8) is 0 Å². The van der Waals surface area contributed by atoms with Gasteiger partial charge in [0.15, 0.2) is 5.11 Å². The fourth-order valence-corrected chi connectivity index (χ4v) is 2.07. The number of benzene rings is 1. The highest BCUT2D eigenvalue weighted by Gasteiger charge is 2.06. The number of anilines is 1. The predicted molar refractivity (Wildman–Crippen MR) is 83.2 cm³/mol. The molecule has 1 aromatic heterocycles. The third kappa shape index (κ3) is 4.03. The molecule has 0 fully saturated rings. The molecule has 1 heterocycles. The van der Waals surface area contributed by atoms with Gasteiger partial charge in [-0.3, -0.25) is 0 Å². The number of aryl methyl sites for hydroxylation is 1. The minimum Gasteiger partial charge on any atom is -0.356 e. The summed E-state index contributed by atoms with van der Waals surface area (Å²) in [5.74, 6) is 0.762. The molecular formula is C15H17N3S. The largest absolute Gasteiger partial charge is 0.356 e. The van der Waals surface area contributed by atoms with Crippen molar-refractivity contribution in [2.45, 2.75) is 19.9 Å². The first-order valence-corrected chi connectivity index (χ1v) is 6.62. The Hall–Kier alpha value is -1.94. The van der Waals surface area contributed by atoms with Crippen molar-refractivity contribution in [2.24, 2.45) is 0 Å². The standard InChI is InChI=1S/C15H17N3S/c1-11-7-6-10-14(16-11)18-15(19)17-12(2)13-8-4-3-5-9-13/h3-10,12H,1-2H3,(H2,16,17,18,19). The highest BCUT2D eigenvalue weighted by molar-refractivity contribution is 7.80. The Morgan fingerprint density at radius 1 is 1.11 bits per heavy atom. The third-order valence-electron chi connectivity index (χ3n) is 2.78. The summed E-state index contributed by atoms with van der Waals surface area (Å²) in [5, 5.41) is 6.92. The van der Waals surface area contributed by atoms with E-state index in [1.165, 1.54) is 5.56 Å². The highest BCUT2D eigenvalue weighted by atomic mass is 32.1. The van der Waals surface area contributed by atoms with Crippen molar-refractivity contribution in [1.82, 2.24) is 10.3 Å². The molecule has 0 aliphatic rings. The van der Waals surface area contributed by atoms with E-state index >= 15 is 0 Å². The molecular weight excluding hydrogens is 254 g/mol. The lowest BCUT2D eigenvalue weighted by Crippen LogP contribution is -2.31. The van der Waals surface area contributed by atoms with Gasteiger partial charge in [-0.2, -0.15) is 0 Å². The van der Waals surface area contributed by atoms with Crippen LogP contribution in [0.2, 0.25) is 0 Å². The number of nitrogens with one attached hydrogen (secondary N) is 2. The second kappa shape index (κ2) is 6.29. The van der Waals surface area contributed by atoms with Crippen molar-refractivity contribution in [2.75, 3.05) is 5.32 Å². The average Bonchev–Trinajstić information content (AvgIpc) is 2.39. The smallest absolute Gasteiger partial charge is 0.172 e. The molecule has 0 bridgehead atoms. The van der Waals surface area contributed by atoms with Crippen LogP contribution < -0.4 is 10.6 Å². The van der Waals surface area contributed by atoms with Gasteiger partial charge in [0, 0.05) is 5.69 Å². The molecule has 98 valence electrons. The number of nitrogens with zero attached hydrogens (tertiary/aromatic N) is 1. The highest BCUT2D eigenvalue weighted by Crippen LogP contribution is 2.11. The number of hydrogen-bond donors (Lipinski definition) is 2. The molecule has 0 amide bonds. The molecule has 0 radical (unpaired) electrons. The summed E-state index contributed by atoms with van der Waals surface area (Å²) in [6.07, 6.45) is 0. The molecule has 1 unspecified atom stereocenters. The van der Waals surface area contributed by atoms with E-state index in [9.17, 15) is 0 Å². The molecule has 0 spiro atoms. The first kappa shape index (κ1) is 13.5. The van der Waals surface area contributed by atoms with Crippen molar-refractivity contribution >= 4 is 23.1 Å². The average molecular weight is 271 g/mol. The van der Waals surface area contributed by atoms with E-state index in [4.69, 9.17) is 12.2 Å². The van der Waals surface area contributed by atoms with E-state index in [0.717, 1.165) is 11.5 Å². The zero-order valence-electron chi connectivity index (χ0n) is 11.1. The number of hydrogen-bond acceptors (Lipinski definition) is 2. The van der Waals surface area contributed by atoms with Crippen LogP contribution in [0.3, 0.4) is 0 Å². The summed E-state index contributed by atoms with van der Waals surface area (Å²) in [5.41, 5.74) is 2.16. The normalized spacial score (nSPS) is 11.7. The molecule has 0 saturated carbocycles. The van der Waals surface area contributed by atoms with E-state index in [1.807, 2.05) is 43.3 Å². The molecule has 19 heavy (non-hydrogen) atoms. The molecule has 2 N–H and O–H groups in total. The van der Waals surface area contributed by atoms with Crippen LogP contribution in [0.25, 0.3) is 0 Å². The van der Waals surface area contributed by atoms with Gasteiger partial charge in [0.05, 0.1) is 6.04 Å². The number of rotatable bonds is 3. The minimum absolute atomic E-state index is 0.158. The summed E-state index contributed by atoms with van der Waals surface area (Å²) < 4.78 is 0. The summed E-state index contributed by atoms with van der Waals surface area (Å²) >= 11 is 5.29. The van der Waals surface area contributed by atoms with Crippen LogP contribution in [-0.2, 0) is 0 Å². The van der Waals surface area contributed by atoms with Crippen LogP contribution in [0.1, 0.15) is 24.2 Å².